The van der Waals surface area contributed by atoms with Crippen molar-refractivity contribution >= 4 is 15.9 Å². The largest absolute Gasteiger partial charge is 0.350 e. The molecule has 28 heavy (non-hydrogen) atoms. The molecule has 2 rings (SSSR count). The maximum Gasteiger partial charge on any atom is 0.251 e. The van der Waals surface area contributed by atoms with Gasteiger partial charge in [0.05, 0.1) is 10.9 Å². The van der Waals surface area contributed by atoms with Crippen molar-refractivity contribution in [1.82, 2.24) is 14.9 Å². The first-order valence-corrected chi connectivity index (χ1v) is 11.1. The quantitative estimate of drug-likeness (QED) is 0.639. The predicted octanol–water partition coefficient (Wildman–Crippen LogP) is 2.80. The predicted molar refractivity (Wildman–Crippen MR) is 112 cm³/mol. The van der Waals surface area contributed by atoms with E-state index in [1.54, 1.807) is 6.92 Å². The van der Waals surface area contributed by atoms with Crippen LogP contribution in [0.15, 0.2) is 59.5 Å². The lowest BCUT2D eigenvalue weighted by Crippen LogP contribution is -2.38. The first kappa shape index (κ1) is 22.1. The lowest BCUT2D eigenvalue weighted by atomic mass is 10.0. The summed E-state index contributed by atoms with van der Waals surface area (Å²) in [7, 11) is -3.52. The number of carbonyl (C=O) groups excluding carboxylic acids is 1. The summed E-state index contributed by atoms with van der Waals surface area (Å²) in [5.74, 6) is -0.222. The van der Waals surface area contributed by atoms with Gasteiger partial charge in [0.15, 0.2) is 0 Å². The van der Waals surface area contributed by atoms with Crippen LogP contribution in [0.2, 0.25) is 0 Å². The summed E-state index contributed by atoms with van der Waals surface area (Å²) < 4.78 is 26.5. The van der Waals surface area contributed by atoms with Crippen molar-refractivity contribution < 1.29 is 13.2 Å². The summed E-state index contributed by atoms with van der Waals surface area (Å²) in [6, 6.07) is 16.2. The molecule has 0 spiro atoms. The standard InChI is InChI=1S/C21H29N3O3S/c1-4-23-28(26,27)19-14-12-18(13-15-19)21(25)22-16-20(24(5-2)6-3)17-10-8-7-9-11-17/h7-15,20,23H,4-6,16H2,1-3H3,(H,22,25). The zero-order valence-electron chi connectivity index (χ0n) is 16.7. The molecule has 1 unspecified atom stereocenters. The van der Waals surface area contributed by atoms with Crippen molar-refractivity contribution in [3.8, 4) is 0 Å². The number of benzene rings is 2. The van der Waals surface area contributed by atoms with Crippen molar-refractivity contribution in [3.05, 3.63) is 65.7 Å². The van der Waals surface area contributed by atoms with Gasteiger partial charge in [0.1, 0.15) is 0 Å². The third kappa shape index (κ3) is 5.64. The van der Waals surface area contributed by atoms with Gasteiger partial charge in [-0.05, 0) is 42.9 Å². The minimum absolute atomic E-state index is 0.0774. The molecule has 0 saturated heterocycles. The minimum Gasteiger partial charge on any atom is -0.350 e. The highest BCUT2D eigenvalue weighted by molar-refractivity contribution is 7.89. The van der Waals surface area contributed by atoms with Gasteiger partial charge in [0, 0.05) is 18.7 Å². The van der Waals surface area contributed by atoms with Gasteiger partial charge in [-0.25, -0.2) is 13.1 Å². The fourth-order valence-electron chi connectivity index (χ4n) is 3.15. The van der Waals surface area contributed by atoms with E-state index in [2.05, 4.69) is 40.9 Å². The average Bonchev–Trinajstić information content (AvgIpc) is 2.71. The molecular formula is C21H29N3O3S. The van der Waals surface area contributed by atoms with Gasteiger partial charge in [0.2, 0.25) is 10.0 Å². The van der Waals surface area contributed by atoms with Crippen LogP contribution in [-0.2, 0) is 10.0 Å². The molecule has 0 aromatic heterocycles. The Morgan fingerprint density at radius 2 is 1.57 bits per heavy atom. The van der Waals surface area contributed by atoms with Crippen LogP contribution in [0.1, 0.15) is 42.7 Å². The number of hydrogen-bond donors (Lipinski definition) is 2. The normalized spacial score (nSPS) is 12.7. The van der Waals surface area contributed by atoms with Crippen LogP contribution < -0.4 is 10.0 Å². The first-order chi connectivity index (χ1) is 13.4. The van der Waals surface area contributed by atoms with Gasteiger partial charge in [-0.15, -0.1) is 0 Å². The summed E-state index contributed by atoms with van der Waals surface area (Å²) in [6.07, 6.45) is 0. The Hall–Kier alpha value is -2.22. The number of hydrogen-bond acceptors (Lipinski definition) is 4. The Balaban J connectivity index is 2.10. The molecule has 0 aliphatic carbocycles. The number of nitrogens with one attached hydrogen (secondary N) is 2. The maximum absolute atomic E-state index is 12.6. The van der Waals surface area contributed by atoms with Crippen LogP contribution in [0.25, 0.3) is 0 Å². The van der Waals surface area contributed by atoms with Gasteiger partial charge in [-0.3, -0.25) is 9.69 Å². The molecular weight excluding hydrogens is 374 g/mol. The van der Waals surface area contributed by atoms with Crippen LogP contribution >= 0.6 is 0 Å². The second-order valence-electron chi connectivity index (χ2n) is 6.38. The van der Waals surface area contributed by atoms with E-state index >= 15 is 0 Å². The number of nitrogens with zero attached hydrogens (tertiary/aromatic N) is 1. The summed E-state index contributed by atoms with van der Waals surface area (Å²) in [5.41, 5.74) is 1.58. The fourth-order valence-corrected chi connectivity index (χ4v) is 4.19. The zero-order valence-corrected chi connectivity index (χ0v) is 17.5. The Labute approximate surface area is 168 Å². The molecule has 2 aromatic rings. The molecule has 0 saturated carbocycles. The molecule has 0 aliphatic heterocycles. The van der Waals surface area contributed by atoms with Crippen LogP contribution in [0.3, 0.4) is 0 Å². The Morgan fingerprint density at radius 3 is 2.11 bits per heavy atom. The highest BCUT2D eigenvalue weighted by Crippen LogP contribution is 2.19. The lowest BCUT2D eigenvalue weighted by Gasteiger charge is -2.30. The summed E-state index contributed by atoms with van der Waals surface area (Å²) in [5, 5.41) is 2.98. The monoisotopic (exact) mass is 403 g/mol. The van der Waals surface area contributed by atoms with E-state index < -0.39 is 10.0 Å². The number of amides is 1. The second kappa shape index (κ2) is 10.4. The summed E-state index contributed by atoms with van der Waals surface area (Å²) in [6.45, 7) is 8.47. The molecule has 6 nitrogen and oxygen atoms in total. The van der Waals surface area contributed by atoms with Crippen molar-refractivity contribution in [2.45, 2.75) is 31.7 Å². The third-order valence-electron chi connectivity index (χ3n) is 4.65. The summed E-state index contributed by atoms with van der Waals surface area (Å²) >= 11 is 0. The molecule has 1 amide bonds. The first-order valence-electron chi connectivity index (χ1n) is 9.59. The van der Waals surface area contributed by atoms with Crippen molar-refractivity contribution in [3.63, 3.8) is 0 Å². The summed E-state index contributed by atoms with van der Waals surface area (Å²) in [4.78, 5) is 15.0. The molecule has 1 atom stereocenters. The molecule has 2 N–H and O–H groups in total. The van der Waals surface area contributed by atoms with E-state index in [1.807, 2.05) is 18.2 Å². The molecule has 0 bridgehead atoms. The highest BCUT2D eigenvalue weighted by Gasteiger charge is 2.19. The average molecular weight is 404 g/mol. The van der Waals surface area contributed by atoms with Crippen molar-refractivity contribution in [1.29, 1.82) is 0 Å². The Morgan fingerprint density at radius 1 is 0.964 bits per heavy atom. The van der Waals surface area contributed by atoms with Gasteiger partial charge < -0.3 is 5.32 Å². The smallest absolute Gasteiger partial charge is 0.251 e. The number of rotatable bonds is 10. The molecule has 7 heteroatoms. The van der Waals surface area contributed by atoms with Gasteiger partial charge in [-0.2, -0.15) is 0 Å². The lowest BCUT2D eigenvalue weighted by molar-refractivity contribution is 0.0935. The van der Waals surface area contributed by atoms with E-state index in [4.69, 9.17) is 0 Å². The second-order valence-corrected chi connectivity index (χ2v) is 8.15. The molecule has 0 fully saturated rings. The Kier molecular flexibility index (Phi) is 8.17. The van der Waals surface area contributed by atoms with Gasteiger partial charge in [-0.1, -0.05) is 51.1 Å². The number of sulfonamides is 1. The van der Waals surface area contributed by atoms with E-state index in [-0.39, 0.29) is 16.8 Å². The zero-order chi connectivity index (χ0) is 20.6. The van der Waals surface area contributed by atoms with E-state index in [1.165, 1.54) is 24.3 Å². The molecule has 0 aliphatic rings. The SMILES string of the molecule is CCNS(=O)(=O)c1ccc(C(=O)NCC(c2ccccc2)N(CC)CC)cc1. The van der Waals surface area contributed by atoms with Crippen LogP contribution in [-0.4, -0.2) is 45.4 Å². The van der Waals surface area contributed by atoms with Crippen LogP contribution in [0.5, 0.6) is 0 Å². The third-order valence-corrected chi connectivity index (χ3v) is 6.22. The van der Waals surface area contributed by atoms with Crippen LogP contribution in [0, 0.1) is 0 Å². The maximum atomic E-state index is 12.6. The van der Waals surface area contributed by atoms with Gasteiger partial charge >= 0.3 is 0 Å². The van der Waals surface area contributed by atoms with E-state index in [0.717, 1.165) is 18.7 Å². The molecule has 2 aromatic carbocycles. The van der Waals surface area contributed by atoms with Crippen molar-refractivity contribution in [2.24, 2.45) is 0 Å². The highest BCUT2D eigenvalue weighted by atomic mass is 32.2. The number of likely N-dealkylation sites (N-methyl/N-ethyl adjacent to an activating group) is 1. The van der Waals surface area contributed by atoms with E-state index in [9.17, 15) is 13.2 Å². The Bertz CT molecular complexity index is 848. The van der Waals surface area contributed by atoms with Crippen molar-refractivity contribution in [2.75, 3.05) is 26.2 Å². The minimum atomic E-state index is -3.52. The topological polar surface area (TPSA) is 78.5 Å². The van der Waals surface area contributed by atoms with Crippen LogP contribution in [0.4, 0.5) is 0 Å². The van der Waals surface area contributed by atoms with Gasteiger partial charge in [0.25, 0.3) is 5.91 Å². The molecule has 0 heterocycles. The molecule has 0 radical (unpaired) electrons. The molecule has 152 valence electrons. The van der Waals surface area contributed by atoms with E-state index in [0.29, 0.717) is 18.7 Å². The fraction of sp³-hybridized carbons (Fsp3) is 0.381. The number of carbonyl (C=O) groups is 1.